The minimum atomic E-state index is -0.598. The Morgan fingerprint density at radius 3 is 2.46 bits per heavy atom. The van der Waals surface area contributed by atoms with E-state index in [0.717, 1.165) is 19.3 Å². The van der Waals surface area contributed by atoms with Gasteiger partial charge in [-0.2, -0.15) is 0 Å². The molecular formula is C21H35NO2. The quantitative estimate of drug-likeness (QED) is 0.596. The van der Waals surface area contributed by atoms with Crippen molar-refractivity contribution in [2.75, 3.05) is 0 Å². The van der Waals surface area contributed by atoms with E-state index in [4.69, 9.17) is 5.73 Å². The number of hydrogen-bond acceptors (Lipinski definition) is 3. The van der Waals surface area contributed by atoms with Crippen LogP contribution >= 0.6 is 0 Å². The molecule has 4 saturated carbocycles. The maximum absolute atomic E-state index is 11.1. The van der Waals surface area contributed by atoms with Gasteiger partial charge in [0, 0.05) is 6.04 Å². The first-order chi connectivity index (χ1) is 11.3. The van der Waals surface area contributed by atoms with E-state index in [1.165, 1.54) is 25.7 Å². The Morgan fingerprint density at radius 1 is 1.00 bits per heavy atom. The molecule has 3 nitrogen and oxygen atoms in total. The van der Waals surface area contributed by atoms with Crippen LogP contribution < -0.4 is 5.73 Å². The number of fused-ring (bicyclic) bond motifs is 5. The number of aliphatic hydroxyl groups is 2. The summed E-state index contributed by atoms with van der Waals surface area (Å²) in [5.41, 5.74) is 8.20. The maximum Gasteiger partial charge on any atom is 0.0836 e. The van der Waals surface area contributed by atoms with E-state index in [1.54, 1.807) is 5.57 Å². The van der Waals surface area contributed by atoms with Crippen LogP contribution in [0.4, 0.5) is 0 Å². The summed E-state index contributed by atoms with van der Waals surface area (Å²) in [7, 11) is 0. The molecule has 3 heteroatoms. The van der Waals surface area contributed by atoms with Gasteiger partial charge in [-0.25, -0.2) is 0 Å². The molecule has 24 heavy (non-hydrogen) atoms. The van der Waals surface area contributed by atoms with Gasteiger partial charge in [0.1, 0.15) is 0 Å². The van der Waals surface area contributed by atoms with E-state index in [2.05, 4.69) is 26.8 Å². The highest BCUT2D eigenvalue weighted by molar-refractivity contribution is 5.25. The van der Waals surface area contributed by atoms with E-state index < -0.39 is 12.2 Å². The summed E-state index contributed by atoms with van der Waals surface area (Å²) in [5.74, 6) is 1.50. The number of aliphatic hydroxyl groups excluding tert-OH is 2. The molecule has 0 aliphatic heterocycles. The maximum atomic E-state index is 11.1. The first-order valence-corrected chi connectivity index (χ1v) is 10.1. The molecule has 4 aliphatic carbocycles. The second kappa shape index (κ2) is 5.56. The minimum Gasteiger partial charge on any atom is -0.390 e. The molecule has 0 aromatic rings. The van der Waals surface area contributed by atoms with Crippen molar-refractivity contribution < 1.29 is 10.2 Å². The van der Waals surface area contributed by atoms with Crippen LogP contribution in [0, 0.1) is 34.5 Å². The molecule has 4 aliphatic rings. The zero-order chi connectivity index (χ0) is 17.3. The summed E-state index contributed by atoms with van der Waals surface area (Å²) in [5, 5.41) is 22.1. The summed E-state index contributed by atoms with van der Waals surface area (Å²) in [6.45, 7) is 6.98. The molecule has 4 N–H and O–H groups in total. The molecule has 0 bridgehead atoms. The van der Waals surface area contributed by atoms with Gasteiger partial charge in [0.15, 0.2) is 0 Å². The van der Waals surface area contributed by atoms with Gasteiger partial charge in [0.25, 0.3) is 0 Å². The third kappa shape index (κ3) is 2.07. The molecule has 0 spiro atoms. The van der Waals surface area contributed by atoms with Gasteiger partial charge in [-0.1, -0.05) is 25.5 Å². The molecule has 0 aromatic heterocycles. The molecule has 0 saturated heterocycles. The lowest BCUT2D eigenvalue weighted by Gasteiger charge is -2.63. The number of rotatable bonds is 0. The Balaban J connectivity index is 1.73. The Morgan fingerprint density at radius 2 is 1.75 bits per heavy atom. The Bertz CT molecular complexity index is 546. The van der Waals surface area contributed by atoms with Crippen molar-refractivity contribution in [3.63, 3.8) is 0 Å². The van der Waals surface area contributed by atoms with Gasteiger partial charge in [-0.3, -0.25) is 0 Å². The highest BCUT2D eigenvalue weighted by Gasteiger charge is 2.63. The number of allylic oxidation sites excluding steroid dienone is 2. The van der Waals surface area contributed by atoms with Crippen LogP contribution in [-0.2, 0) is 0 Å². The van der Waals surface area contributed by atoms with Crippen molar-refractivity contribution in [1.82, 2.24) is 0 Å². The number of nitrogens with two attached hydrogens (primary N) is 1. The molecule has 9 atom stereocenters. The van der Waals surface area contributed by atoms with Crippen LogP contribution in [0.5, 0.6) is 0 Å². The second-order valence-corrected chi connectivity index (χ2v) is 9.73. The van der Waals surface area contributed by atoms with E-state index in [9.17, 15) is 10.2 Å². The van der Waals surface area contributed by atoms with Gasteiger partial charge in [-0.15, -0.1) is 0 Å². The SMILES string of the molecule is C/C=C1/CCC2C3C(O)[C@H](O)C4C[C@H](N)CCC4(C)C3CCC12C. The molecule has 0 radical (unpaired) electrons. The fourth-order valence-corrected chi connectivity index (χ4v) is 7.61. The van der Waals surface area contributed by atoms with Crippen molar-refractivity contribution in [1.29, 1.82) is 0 Å². The smallest absolute Gasteiger partial charge is 0.0836 e. The first-order valence-electron chi connectivity index (χ1n) is 10.1. The average molecular weight is 334 g/mol. The van der Waals surface area contributed by atoms with Crippen molar-refractivity contribution in [2.24, 2.45) is 40.2 Å². The summed E-state index contributed by atoms with van der Waals surface area (Å²) >= 11 is 0. The van der Waals surface area contributed by atoms with E-state index in [0.29, 0.717) is 11.8 Å². The summed E-state index contributed by atoms with van der Waals surface area (Å²) in [6, 6.07) is 0.191. The fourth-order valence-electron chi connectivity index (χ4n) is 7.61. The Labute approximate surface area is 146 Å². The van der Waals surface area contributed by atoms with Crippen LogP contribution in [0.2, 0.25) is 0 Å². The van der Waals surface area contributed by atoms with Gasteiger partial charge < -0.3 is 15.9 Å². The van der Waals surface area contributed by atoms with Crippen LogP contribution in [0.15, 0.2) is 11.6 Å². The summed E-state index contributed by atoms with van der Waals surface area (Å²) < 4.78 is 0. The van der Waals surface area contributed by atoms with Crippen LogP contribution in [0.25, 0.3) is 0 Å². The number of hydrogen-bond donors (Lipinski definition) is 3. The lowest BCUT2D eigenvalue weighted by Crippen LogP contribution is -2.64. The van der Waals surface area contributed by atoms with Gasteiger partial charge in [0.05, 0.1) is 12.2 Å². The minimum absolute atomic E-state index is 0.152. The second-order valence-electron chi connectivity index (χ2n) is 9.73. The van der Waals surface area contributed by atoms with E-state index in [-0.39, 0.29) is 28.7 Å². The third-order valence-electron chi connectivity index (χ3n) is 8.99. The Hall–Kier alpha value is -0.380. The summed E-state index contributed by atoms with van der Waals surface area (Å²) in [6.07, 6.45) is 9.01. The normalized spacial score (nSPS) is 58.9. The van der Waals surface area contributed by atoms with Crippen LogP contribution in [-0.4, -0.2) is 28.5 Å². The summed E-state index contributed by atoms with van der Waals surface area (Å²) in [4.78, 5) is 0. The molecule has 0 amide bonds. The van der Waals surface area contributed by atoms with E-state index in [1.807, 2.05) is 0 Å². The van der Waals surface area contributed by atoms with Crippen molar-refractivity contribution in [2.45, 2.75) is 84.0 Å². The monoisotopic (exact) mass is 333 g/mol. The molecule has 0 heterocycles. The molecule has 7 unspecified atom stereocenters. The zero-order valence-electron chi connectivity index (χ0n) is 15.5. The fraction of sp³-hybridized carbons (Fsp3) is 0.905. The van der Waals surface area contributed by atoms with Crippen molar-refractivity contribution in [3.8, 4) is 0 Å². The van der Waals surface area contributed by atoms with Crippen LogP contribution in [0.3, 0.4) is 0 Å². The largest absolute Gasteiger partial charge is 0.390 e. The molecule has 136 valence electrons. The van der Waals surface area contributed by atoms with Gasteiger partial charge in [-0.05, 0) is 86.4 Å². The predicted octanol–water partition coefficient (Wildman–Crippen LogP) is 3.24. The van der Waals surface area contributed by atoms with Crippen LogP contribution in [0.1, 0.15) is 65.7 Å². The molecule has 4 rings (SSSR count). The lowest BCUT2D eigenvalue weighted by molar-refractivity contribution is -0.210. The zero-order valence-corrected chi connectivity index (χ0v) is 15.5. The Kier molecular flexibility index (Phi) is 3.95. The molecular weight excluding hydrogens is 298 g/mol. The average Bonchev–Trinajstić information content (AvgIpc) is 2.90. The predicted molar refractivity (Wildman–Crippen MR) is 96.2 cm³/mol. The van der Waals surface area contributed by atoms with Crippen molar-refractivity contribution >= 4 is 0 Å². The lowest BCUT2D eigenvalue weighted by atomic mass is 9.43. The highest BCUT2D eigenvalue weighted by atomic mass is 16.3. The first kappa shape index (κ1) is 17.1. The molecule has 4 fully saturated rings. The van der Waals surface area contributed by atoms with Gasteiger partial charge in [0.2, 0.25) is 0 Å². The standard InChI is InChI=1S/C21H35NO2/c1-4-12-5-6-14-17-15(8-10-20(12,14)2)21(3)9-7-13(22)11-16(21)18(23)19(17)24/h4,13-19,23-24H,5-11,22H2,1-3H3/b12-4-/t13-,14?,15?,16?,17?,18-,19?,20?,21?/m1/s1. The van der Waals surface area contributed by atoms with Gasteiger partial charge >= 0.3 is 0 Å². The third-order valence-corrected chi connectivity index (χ3v) is 8.99. The molecule has 0 aromatic carbocycles. The van der Waals surface area contributed by atoms with Crippen molar-refractivity contribution in [3.05, 3.63) is 11.6 Å². The topological polar surface area (TPSA) is 66.5 Å². The highest BCUT2D eigenvalue weighted by Crippen LogP contribution is 2.67. The van der Waals surface area contributed by atoms with E-state index >= 15 is 0 Å².